The molecule has 1 atom stereocenters. The Kier molecular flexibility index (Phi) is 7.61. The maximum Gasteiger partial charge on any atom is 0.206 e. The predicted octanol–water partition coefficient (Wildman–Crippen LogP) is 5.41. The molecule has 3 N–H and O–H groups in total. The highest BCUT2D eigenvalue weighted by Crippen LogP contribution is 2.61. The Balaban J connectivity index is 0.00000243. The van der Waals surface area contributed by atoms with Crippen LogP contribution in [0.5, 0.6) is 5.75 Å². The minimum atomic E-state index is -3.14. The van der Waals surface area contributed by atoms with E-state index in [0.29, 0.717) is 17.9 Å². The van der Waals surface area contributed by atoms with Crippen molar-refractivity contribution in [3.63, 3.8) is 0 Å². The molecule has 0 saturated heterocycles. The third-order valence-corrected chi connectivity index (χ3v) is 6.16. The number of halogens is 1. The molecule has 144 valence electrons. The number of rotatable bonds is 7. The van der Waals surface area contributed by atoms with Crippen LogP contribution in [0.2, 0.25) is 0 Å². The van der Waals surface area contributed by atoms with Crippen LogP contribution in [0, 0.1) is 0 Å². The average Bonchev–Trinajstić information content (AvgIpc) is 2.62. The quantitative estimate of drug-likeness (QED) is 0.544. The van der Waals surface area contributed by atoms with Crippen molar-refractivity contribution >= 4 is 34.6 Å². The van der Waals surface area contributed by atoms with Gasteiger partial charge in [0.2, 0.25) is 5.44 Å². The van der Waals surface area contributed by atoms with Gasteiger partial charge < -0.3 is 10.1 Å². The van der Waals surface area contributed by atoms with Gasteiger partial charge in [-0.1, -0.05) is 48.0 Å². The lowest BCUT2D eigenvalue weighted by atomic mass is 10.2. The van der Waals surface area contributed by atoms with Crippen molar-refractivity contribution in [3.05, 3.63) is 54.6 Å². The summed E-state index contributed by atoms with van der Waals surface area (Å²) in [6.45, 7) is 3.94. The Morgan fingerprint density at radius 3 is 2.46 bits per heavy atom. The zero-order chi connectivity index (χ0) is 17.7. The summed E-state index contributed by atoms with van der Waals surface area (Å²) in [6, 6.07) is 17.0. The molecule has 7 heteroatoms. The average molecular weight is 399 g/mol. The van der Waals surface area contributed by atoms with Gasteiger partial charge in [-0.15, -0.1) is 12.4 Å². The van der Waals surface area contributed by atoms with Crippen LogP contribution >= 0.6 is 23.2 Å². The molecule has 0 saturated carbocycles. The largest absolute Gasteiger partial charge is 0.467 e. The van der Waals surface area contributed by atoms with Gasteiger partial charge >= 0.3 is 0 Å². The number of ether oxygens (including phenoxy) is 1. The standard InChI is InChI=1S/C19H26N2O3S.ClH/c1-2-14-20-15-8-13-19-24-18-12-7-6-11-17(18)21(25(19,22)23)16-9-4-3-5-10-16;/h3-7,9-12,19-20,22-23H,2,8,13-15H2,1H3;1H. The van der Waals surface area contributed by atoms with Crippen molar-refractivity contribution < 1.29 is 13.8 Å². The minimum Gasteiger partial charge on any atom is -0.467 e. The minimum absolute atomic E-state index is 0. The third-order valence-electron chi connectivity index (χ3n) is 4.17. The van der Waals surface area contributed by atoms with Gasteiger partial charge in [0, 0.05) is 6.42 Å². The van der Waals surface area contributed by atoms with Crippen LogP contribution < -0.4 is 14.4 Å². The van der Waals surface area contributed by atoms with Gasteiger partial charge in [0.15, 0.2) is 0 Å². The summed E-state index contributed by atoms with van der Waals surface area (Å²) in [6.07, 6.45) is 2.49. The second kappa shape index (κ2) is 9.48. The molecule has 0 amide bonds. The zero-order valence-corrected chi connectivity index (χ0v) is 16.5. The van der Waals surface area contributed by atoms with Gasteiger partial charge in [0.05, 0.1) is 5.69 Å². The first-order valence-corrected chi connectivity index (χ1v) is 10.3. The van der Waals surface area contributed by atoms with E-state index in [0.717, 1.165) is 31.6 Å². The molecule has 0 aromatic heterocycles. The van der Waals surface area contributed by atoms with E-state index in [1.807, 2.05) is 54.6 Å². The molecule has 1 aliphatic heterocycles. The molecular formula is C19H27ClN2O3S. The Labute approximate surface area is 163 Å². The smallest absolute Gasteiger partial charge is 0.206 e. The summed E-state index contributed by atoms with van der Waals surface area (Å²) in [4.78, 5) is 0. The van der Waals surface area contributed by atoms with Gasteiger partial charge in [0.1, 0.15) is 11.4 Å². The molecule has 2 aromatic carbocycles. The van der Waals surface area contributed by atoms with Crippen molar-refractivity contribution in [1.29, 1.82) is 0 Å². The summed E-state index contributed by atoms with van der Waals surface area (Å²) < 4.78 is 29.6. The monoisotopic (exact) mass is 398 g/mol. The van der Waals surface area contributed by atoms with Crippen LogP contribution in [0.3, 0.4) is 0 Å². The first-order chi connectivity index (χ1) is 12.1. The topological polar surface area (TPSA) is 65.0 Å². The van der Waals surface area contributed by atoms with Gasteiger partial charge in [-0.2, -0.15) is 0 Å². The molecule has 0 spiro atoms. The molecule has 0 radical (unpaired) electrons. The van der Waals surface area contributed by atoms with E-state index in [9.17, 15) is 9.11 Å². The molecule has 1 heterocycles. The second-order valence-electron chi connectivity index (χ2n) is 6.10. The van der Waals surface area contributed by atoms with Crippen LogP contribution in [0.4, 0.5) is 11.4 Å². The Bertz CT molecular complexity index is 687. The molecule has 1 unspecified atom stereocenters. The van der Waals surface area contributed by atoms with Crippen molar-refractivity contribution in [3.8, 4) is 5.75 Å². The Hall–Kier alpha value is -1.44. The van der Waals surface area contributed by atoms with Crippen molar-refractivity contribution in [2.24, 2.45) is 0 Å². The van der Waals surface area contributed by atoms with E-state index in [4.69, 9.17) is 4.74 Å². The van der Waals surface area contributed by atoms with Gasteiger partial charge in [-0.3, -0.25) is 9.11 Å². The van der Waals surface area contributed by atoms with Crippen molar-refractivity contribution in [2.75, 3.05) is 17.4 Å². The Morgan fingerprint density at radius 2 is 1.73 bits per heavy atom. The van der Waals surface area contributed by atoms with E-state index in [2.05, 4.69) is 12.2 Å². The Morgan fingerprint density at radius 1 is 1.04 bits per heavy atom. The number of hydrogen-bond donors (Lipinski definition) is 3. The molecule has 5 nitrogen and oxygen atoms in total. The SMILES string of the molecule is CCCNCCCC1Oc2ccccc2N(c2ccccc2)S1(O)O.Cl. The first-order valence-electron chi connectivity index (χ1n) is 8.73. The predicted molar refractivity (Wildman–Crippen MR) is 112 cm³/mol. The van der Waals surface area contributed by atoms with E-state index in [-0.39, 0.29) is 12.4 Å². The highest BCUT2D eigenvalue weighted by molar-refractivity contribution is 8.26. The van der Waals surface area contributed by atoms with Crippen molar-refractivity contribution in [1.82, 2.24) is 5.32 Å². The number of nitrogens with zero attached hydrogens (tertiary/aromatic N) is 1. The lowest BCUT2D eigenvalue weighted by Crippen LogP contribution is -2.39. The maximum atomic E-state index is 11.0. The normalized spacial score (nSPS) is 19.0. The van der Waals surface area contributed by atoms with Crippen LogP contribution in [-0.2, 0) is 0 Å². The molecule has 3 rings (SSSR count). The van der Waals surface area contributed by atoms with E-state index in [1.54, 1.807) is 4.31 Å². The second-order valence-corrected chi connectivity index (χ2v) is 8.11. The molecule has 2 aromatic rings. The summed E-state index contributed by atoms with van der Waals surface area (Å²) in [5, 5.41) is 3.34. The fourth-order valence-electron chi connectivity index (χ4n) is 2.96. The third kappa shape index (κ3) is 4.45. The summed E-state index contributed by atoms with van der Waals surface area (Å²) in [7, 11) is -3.14. The number of benzene rings is 2. The maximum absolute atomic E-state index is 11.0. The summed E-state index contributed by atoms with van der Waals surface area (Å²) >= 11 is 0. The summed E-state index contributed by atoms with van der Waals surface area (Å²) in [5.41, 5.74) is 0.799. The van der Waals surface area contributed by atoms with Gasteiger partial charge in [-0.25, -0.2) is 4.31 Å². The number of anilines is 2. The van der Waals surface area contributed by atoms with Crippen LogP contribution in [0.1, 0.15) is 26.2 Å². The number of fused-ring (bicyclic) bond motifs is 1. The molecule has 0 bridgehead atoms. The molecule has 0 fully saturated rings. The number of hydrogen-bond acceptors (Lipinski definition) is 5. The van der Waals surface area contributed by atoms with Crippen molar-refractivity contribution in [2.45, 2.75) is 31.6 Å². The van der Waals surface area contributed by atoms with Crippen LogP contribution in [0.25, 0.3) is 0 Å². The van der Waals surface area contributed by atoms with Crippen LogP contribution in [0.15, 0.2) is 54.6 Å². The van der Waals surface area contributed by atoms with E-state index < -0.39 is 16.2 Å². The van der Waals surface area contributed by atoms with Gasteiger partial charge in [-0.05, 0) is 50.2 Å². The number of para-hydroxylation sites is 3. The van der Waals surface area contributed by atoms with E-state index >= 15 is 0 Å². The number of nitrogens with one attached hydrogen (secondary N) is 1. The summed E-state index contributed by atoms with van der Waals surface area (Å²) in [5.74, 6) is 0.684. The molecular weight excluding hydrogens is 372 g/mol. The lowest BCUT2D eigenvalue weighted by molar-refractivity contribution is 0.235. The van der Waals surface area contributed by atoms with E-state index in [1.165, 1.54) is 0 Å². The lowest BCUT2D eigenvalue weighted by Gasteiger charge is -2.51. The van der Waals surface area contributed by atoms with Crippen LogP contribution in [-0.4, -0.2) is 27.6 Å². The molecule has 1 aliphatic rings. The van der Waals surface area contributed by atoms with Gasteiger partial charge in [0.25, 0.3) is 0 Å². The first kappa shape index (κ1) is 20.9. The highest BCUT2D eigenvalue weighted by Gasteiger charge is 2.40. The highest BCUT2D eigenvalue weighted by atomic mass is 35.5. The molecule has 0 aliphatic carbocycles. The fourth-order valence-corrected chi connectivity index (χ4v) is 4.79. The zero-order valence-electron chi connectivity index (χ0n) is 14.9. The molecule has 26 heavy (non-hydrogen) atoms. The fraction of sp³-hybridized carbons (Fsp3) is 0.368.